The van der Waals surface area contributed by atoms with E-state index in [1.165, 1.54) is 24.6 Å². The first-order valence-electron chi connectivity index (χ1n) is 11.3. The molecule has 1 saturated heterocycles. The van der Waals surface area contributed by atoms with E-state index in [-0.39, 0.29) is 23.6 Å². The van der Waals surface area contributed by atoms with Crippen LogP contribution < -0.4 is 10.2 Å². The third-order valence-corrected chi connectivity index (χ3v) is 7.02. The third kappa shape index (κ3) is 6.97. The molecule has 1 aromatic heterocycles. The van der Waals surface area contributed by atoms with E-state index in [4.69, 9.17) is 11.6 Å². The van der Waals surface area contributed by atoms with Crippen molar-refractivity contribution in [1.82, 2.24) is 20.2 Å². The second-order valence-corrected chi connectivity index (χ2v) is 10.3. The van der Waals surface area contributed by atoms with Gasteiger partial charge in [-0.15, -0.1) is 0 Å². The smallest absolute Gasteiger partial charge is 0.230 e. The second-order valence-electron chi connectivity index (χ2n) is 8.96. The van der Waals surface area contributed by atoms with Crippen LogP contribution in [0.25, 0.3) is 0 Å². The lowest BCUT2D eigenvalue weighted by Crippen LogP contribution is -2.55. The van der Waals surface area contributed by atoms with E-state index in [0.29, 0.717) is 41.8 Å². The maximum Gasteiger partial charge on any atom is 0.230 e. The first-order valence-corrected chi connectivity index (χ1v) is 12.7. The second kappa shape index (κ2) is 11.4. The van der Waals surface area contributed by atoms with E-state index in [1.807, 2.05) is 4.90 Å². The number of hydrogen-bond donors (Lipinski definition) is 1. The number of aromatic nitrogens is 2. The fraction of sp³-hybridized carbons (Fsp3) is 0.727. The topological polar surface area (TPSA) is 78.4 Å². The molecule has 1 saturated carbocycles. The number of rotatable bonds is 8. The van der Waals surface area contributed by atoms with E-state index < -0.39 is 0 Å². The highest BCUT2D eigenvalue weighted by Crippen LogP contribution is 2.29. The van der Waals surface area contributed by atoms with Gasteiger partial charge in [-0.05, 0) is 32.1 Å². The van der Waals surface area contributed by atoms with Gasteiger partial charge in [0, 0.05) is 44.2 Å². The molecular formula is C22H34ClN5O2S. The van der Waals surface area contributed by atoms with Gasteiger partial charge in [0.2, 0.25) is 11.8 Å². The van der Waals surface area contributed by atoms with Gasteiger partial charge in [0.05, 0.1) is 5.75 Å². The van der Waals surface area contributed by atoms with Gasteiger partial charge in [0.1, 0.15) is 11.0 Å². The Kier molecular flexibility index (Phi) is 8.84. The van der Waals surface area contributed by atoms with Crippen molar-refractivity contribution in [2.45, 2.75) is 64.1 Å². The molecule has 1 aliphatic heterocycles. The number of nitrogens with one attached hydrogen (secondary N) is 1. The summed E-state index contributed by atoms with van der Waals surface area (Å²) in [6.45, 7) is 9.17. The van der Waals surface area contributed by atoms with Crippen LogP contribution in [0.3, 0.4) is 0 Å². The van der Waals surface area contributed by atoms with E-state index in [0.717, 1.165) is 31.6 Å². The number of anilines is 1. The van der Waals surface area contributed by atoms with Crippen LogP contribution in [0, 0.1) is 11.8 Å². The fourth-order valence-electron chi connectivity index (χ4n) is 4.19. The van der Waals surface area contributed by atoms with Gasteiger partial charge in [-0.1, -0.05) is 50.1 Å². The zero-order valence-electron chi connectivity index (χ0n) is 18.8. The van der Waals surface area contributed by atoms with Gasteiger partial charge in [0.15, 0.2) is 5.16 Å². The lowest BCUT2D eigenvalue weighted by atomic mass is 10.0. The summed E-state index contributed by atoms with van der Waals surface area (Å²) in [5.74, 6) is 2.06. The highest BCUT2D eigenvalue weighted by molar-refractivity contribution is 7.99. The molecule has 1 aliphatic carbocycles. The number of carbonyl (C=O) groups is 2. The Morgan fingerprint density at radius 2 is 2.00 bits per heavy atom. The molecule has 7 nitrogen and oxygen atoms in total. The molecule has 1 unspecified atom stereocenters. The Morgan fingerprint density at radius 1 is 1.26 bits per heavy atom. The molecule has 0 spiro atoms. The maximum atomic E-state index is 12.8. The number of hydrogen-bond acceptors (Lipinski definition) is 6. The van der Waals surface area contributed by atoms with Crippen LogP contribution in [0.1, 0.15) is 52.9 Å². The number of halogens is 1. The lowest BCUT2D eigenvalue weighted by molar-refractivity contribution is -0.137. The van der Waals surface area contributed by atoms with Gasteiger partial charge in [-0.25, -0.2) is 9.97 Å². The normalized spacial score (nSPS) is 19.8. The molecule has 0 bridgehead atoms. The van der Waals surface area contributed by atoms with E-state index >= 15 is 0 Å². The van der Waals surface area contributed by atoms with Crippen LogP contribution in [0.2, 0.25) is 5.15 Å². The average Bonchev–Trinajstić information content (AvgIpc) is 3.26. The first kappa shape index (κ1) is 24.1. The van der Waals surface area contributed by atoms with Crippen LogP contribution in [0.5, 0.6) is 0 Å². The molecule has 9 heteroatoms. The molecule has 1 aromatic rings. The van der Waals surface area contributed by atoms with Gasteiger partial charge in [-0.2, -0.15) is 0 Å². The van der Waals surface area contributed by atoms with Crippen molar-refractivity contribution < 1.29 is 9.59 Å². The monoisotopic (exact) mass is 467 g/mol. The lowest BCUT2D eigenvalue weighted by Gasteiger charge is -2.41. The van der Waals surface area contributed by atoms with Gasteiger partial charge >= 0.3 is 0 Å². The summed E-state index contributed by atoms with van der Waals surface area (Å²) in [7, 11) is 0. The number of amides is 2. The standard InChI is InChI=1S/C22H34ClN5O2S/c1-15(2)8-9-24-20(29)14-31-22-25-18(23)12-19(26-22)27-10-11-28(16(3)13-27)21(30)17-6-4-5-7-17/h12,15-17H,4-11,13-14H2,1-3H3,(H,24,29). The minimum atomic E-state index is -0.0246. The molecule has 2 aliphatic rings. The van der Waals surface area contributed by atoms with Crippen molar-refractivity contribution in [3.8, 4) is 0 Å². The van der Waals surface area contributed by atoms with Crippen molar-refractivity contribution in [1.29, 1.82) is 0 Å². The number of nitrogens with zero attached hydrogens (tertiary/aromatic N) is 4. The van der Waals surface area contributed by atoms with Crippen LogP contribution in [0.4, 0.5) is 5.82 Å². The maximum absolute atomic E-state index is 12.8. The highest BCUT2D eigenvalue weighted by atomic mass is 35.5. The minimum absolute atomic E-state index is 0.0246. The summed E-state index contributed by atoms with van der Waals surface area (Å²) in [6, 6.07) is 1.88. The summed E-state index contributed by atoms with van der Waals surface area (Å²) < 4.78 is 0. The van der Waals surface area contributed by atoms with Crippen molar-refractivity contribution in [3.63, 3.8) is 0 Å². The van der Waals surface area contributed by atoms with Crippen molar-refractivity contribution in [3.05, 3.63) is 11.2 Å². The SMILES string of the molecule is CC(C)CCNC(=O)CSc1nc(Cl)cc(N2CCN(C(=O)C3CCCC3)C(C)C2)n1. The van der Waals surface area contributed by atoms with Gasteiger partial charge in [-0.3, -0.25) is 9.59 Å². The number of piperazine rings is 1. The molecule has 172 valence electrons. The summed E-state index contributed by atoms with van der Waals surface area (Å²) >= 11 is 7.54. The molecule has 1 atom stereocenters. The summed E-state index contributed by atoms with van der Waals surface area (Å²) in [6.07, 6.45) is 5.35. The Morgan fingerprint density at radius 3 is 2.68 bits per heavy atom. The Bertz CT molecular complexity index is 772. The van der Waals surface area contributed by atoms with Crippen molar-refractivity contribution in [2.24, 2.45) is 11.8 Å². The van der Waals surface area contributed by atoms with Crippen molar-refractivity contribution >= 4 is 41.0 Å². The van der Waals surface area contributed by atoms with E-state index in [2.05, 4.69) is 41.0 Å². The van der Waals surface area contributed by atoms with E-state index in [1.54, 1.807) is 6.07 Å². The summed E-state index contributed by atoms with van der Waals surface area (Å²) in [5.41, 5.74) is 0. The zero-order chi connectivity index (χ0) is 22.4. The van der Waals surface area contributed by atoms with Gasteiger partial charge < -0.3 is 15.1 Å². The largest absolute Gasteiger partial charge is 0.355 e. The van der Waals surface area contributed by atoms with Gasteiger partial charge in [0.25, 0.3) is 0 Å². The fourth-order valence-corrected chi connectivity index (χ4v) is 5.10. The van der Waals surface area contributed by atoms with Crippen LogP contribution in [0.15, 0.2) is 11.2 Å². The number of thioether (sulfide) groups is 1. The minimum Gasteiger partial charge on any atom is -0.355 e. The van der Waals surface area contributed by atoms with Crippen LogP contribution >= 0.6 is 23.4 Å². The Hall–Kier alpha value is -1.54. The first-order chi connectivity index (χ1) is 14.8. The van der Waals surface area contributed by atoms with Crippen LogP contribution in [-0.2, 0) is 9.59 Å². The zero-order valence-corrected chi connectivity index (χ0v) is 20.3. The number of carbonyl (C=O) groups excluding carboxylic acids is 2. The molecule has 2 fully saturated rings. The quantitative estimate of drug-likeness (QED) is 0.357. The van der Waals surface area contributed by atoms with E-state index in [9.17, 15) is 9.59 Å². The Balaban J connectivity index is 1.55. The molecule has 2 heterocycles. The molecule has 3 rings (SSSR count). The summed E-state index contributed by atoms with van der Waals surface area (Å²) in [4.78, 5) is 38.0. The molecule has 1 N–H and O–H groups in total. The van der Waals surface area contributed by atoms with Crippen LogP contribution in [-0.4, -0.2) is 64.7 Å². The van der Waals surface area contributed by atoms with Crippen molar-refractivity contribution in [2.75, 3.05) is 36.8 Å². The molecule has 31 heavy (non-hydrogen) atoms. The Labute approximate surface area is 194 Å². The average molecular weight is 468 g/mol. The highest BCUT2D eigenvalue weighted by Gasteiger charge is 2.33. The predicted octanol–water partition coefficient (Wildman–Crippen LogP) is 3.61. The third-order valence-electron chi connectivity index (χ3n) is 5.98. The molecule has 0 aromatic carbocycles. The predicted molar refractivity (Wildman–Crippen MR) is 126 cm³/mol. The molecule has 0 radical (unpaired) electrons. The molecular weight excluding hydrogens is 434 g/mol. The summed E-state index contributed by atoms with van der Waals surface area (Å²) in [5, 5.41) is 3.79. The molecule has 2 amide bonds.